The second kappa shape index (κ2) is 3.40. The first-order valence-corrected chi connectivity index (χ1v) is 3.07. The van der Waals surface area contributed by atoms with Gasteiger partial charge in [0.05, 0.1) is 6.61 Å². The predicted molar refractivity (Wildman–Crippen MR) is 39.9 cm³/mol. The van der Waals surface area contributed by atoms with Gasteiger partial charge in [0.25, 0.3) is 0 Å². The molecule has 2 N–H and O–H groups in total. The van der Waals surface area contributed by atoms with Crippen LogP contribution in [-0.2, 0) is 4.74 Å². The number of nitrogens with two attached hydrogens (primary N) is 1. The second-order valence-corrected chi connectivity index (χ2v) is 2.81. The predicted octanol–water partition coefficient (Wildman–Crippen LogP) is 0.936. The van der Waals surface area contributed by atoms with E-state index in [0.29, 0.717) is 0 Å². The molecule has 0 bridgehead atoms. The van der Waals surface area contributed by atoms with Crippen LogP contribution in [0.2, 0.25) is 0 Å². The van der Waals surface area contributed by atoms with Crippen molar-refractivity contribution >= 4 is 12.4 Å². The number of hydrogen-bond donors (Lipinski definition) is 1. The highest BCUT2D eigenvalue weighted by atomic mass is 35.5. The van der Waals surface area contributed by atoms with Crippen LogP contribution in [0.15, 0.2) is 0 Å². The molecule has 1 atom stereocenters. The summed E-state index contributed by atoms with van der Waals surface area (Å²) in [6.07, 6.45) is 2.22. The average Bonchev–Trinajstić information content (AvgIpc) is 1.65. The fraction of sp³-hybridized carbons (Fsp3) is 1.00. The van der Waals surface area contributed by atoms with Crippen molar-refractivity contribution in [1.82, 2.24) is 0 Å². The van der Waals surface area contributed by atoms with Gasteiger partial charge in [0.2, 0.25) is 0 Å². The zero-order valence-corrected chi connectivity index (χ0v) is 6.54. The molecule has 56 valence electrons. The molecule has 0 unspecified atom stereocenters. The Kier molecular flexibility index (Phi) is 3.48. The summed E-state index contributed by atoms with van der Waals surface area (Å²) in [7, 11) is 0. The molecule has 3 heteroatoms. The molecule has 1 aliphatic heterocycles. The van der Waals surface area contributed by atoms with Crippen LogP contribution in [0.3, 0.4) is 0 Å². The number of rotatable bonds is 0. The lowest BCUT2D eigenvalue weighted by Crippen LogP contribution is -2.44. The number of hydrogen-bond acceptors (Lipinski definition) is 2. The van der Waals surface area contributed by atoms with Gasteiger partial charge in [0.1, 0.15) is 0 Å². The monoisotopic (exact) mass is 151 g/mol. The maximum atomic E-state index is 5.75. The second-order valence-electron chi connectivity index (χ2n) is 2.81. The average molecular weight is 152 g/mol. The molecule has 2 nitrogen and oxygen atoms in total. The van der Waals surface area contributed by atoms with Crippen LogP contribution in [0, 0.1) is 0 Å². The van der Waals surface area contributed by atoms with Gasteiger partial charge in [-0.25, -0.2) is 0 Å². The van der Waals surface area contributed by atoms with Gasteiger partial charge >= 0.3 is 0 Å². The highest BCUT2D eigenvalue weighted by Gasteiger charge is 2.21. The summed E-state index contributed by atoms with van der Waals surface area (Å²) in [4.78, 5) is 0. The fourth-order valence-electron chi connectivity index (χ4n) is 0.956. The van der Waals surface area contributed by atoms with Gasteiger partial charge in [-0.05, 0) is 19.8 Å². The van der Waals surface area contributed by atoms with E-state index in [1.54, 1.807) is 0 Å². The van der Waals surface area contributed by atoms with Gasteiger partial charge in [-0.1, -0.05) is 0 Å². The molecule has 1 rings (SSSR count). The van der Waals surface area contributed by atoms with Gasteiger partial charge in [0, 0.05) is 12.1 Å². The van der Waals surface area contributed by atoms with Crippen molar-refractivity contribution in [2.75, 3.05) is 13.2 Å². The van der Waals surface area contributed by atoms with Crippen molar-refractivity contribution in [2.24, 2.45) is 5.73 Å². The Morgan fingerprint density at radius 3 is 2.44 bits per heavy atom. The Bertz CT molecular complexity index is 77.1. The summed E-state index contributed by atoms with van der Waals surface area (Å²) in [5.41, 5.74) is 5.71. The van der Waals surface area contributed by atoms with Gasteiger partial charge in [-0.15, -0.1) is 12.4 Å². The molecule has 0 amide bonds. The van der Waals surface area contributed by atoms with Crippen molar-refractivity contribution < 1.29 is 4.74 Å². The minimum Gasteiger partial charge on any atom is -0.380 e. The van der Waals surface area contributed by atoms with E-state index in [-0.39, 0.29) is 17.9 Å². The van der Waals surface area contributed by atoms with E-state index < -0.39 is 0 Å². The Morgan fingerprint density at radius 1 is 1.56 bits per heavy atom. The Hall–Kier alpha value is 0.210. The van der Waals surface area contributed by atoms with Crippen molar-refractivity contribution in [2.45, 2.75) is 25.3 Å². The largest absolute Gasteiger partial charge is 0.380 e. The molecule has 0 radical (unpaired) electrons. The van der Waals surface area contributed by atoms with Gasteiger partial charge in [-0.3, -0.25) is 0 Å². The standard InChI is InChI=1S/C6H13NO.ClH/c1-6(7)3-2-4-8-5-6;/h2-5,7H2,1H3;1H/t6-;/m1./s1. The fourth-order valence-corrected chi connectivity index (χ4v) is 0.956. The van der Waals surface area contributed by atoms with E-state index in [9.17, 15) is 0 Å². The lowest BCUT2D eigenvalue weighted by atomic mass is 9.97. The third-order valence-electron chi connectivity index (χ3n) is 1.47. The SMILES string of the molecule is C[C@@]1(N)CCCOC1.Cl. The van der Waals surface area contributed by atoms with Crippen LogP contribution in [0.4, 0.5) is 0 Å². The molecule has 0 aromatic carbocycles. The van der Waals surface area contributed by atoms with Crippen LogP contribution >= 0.6 is 12.4 Å². The van der Waals surface area contributed by atoms with Crippen molar-refractivity contribution in [3.8, 4) is 0 Å². The van der Waals surface area contributed by atoms with Crippen LogP contribution in [0.5, 0.6) is 0 Å². The third-order valence-corrected chi connectivity index (χ3v) is 1.47. The van der Waals surface area contributed by atoms with Gasteiger partial charge in [0.15, 0.2) is 0 Å². The van der Waals surface area contributed by atoms with Gasteiger partial charge < -0.3 is 10.5 Å². The minimum atomic E-state index is -0.0434. The summed E-state index contributed by atoms with van der Waals surface area (Å²) >= 11 is 0. The molecule has 0 spiro atoms. The van der Waals surface area contributed by atoms with E-state index in [4.69, 9.17) is 10.5 Å². The Labute approximate surface area is 62.2 Å². The maximum Gasteiger partial charge on any atom is 0.0643 e. The highest BCUT2D eigenvalue weighted by molar-refractivity contribution is 5.85. The molecule has 1 aliphatic rings. The Morgan fingerprint density at radius 2 is 2.22 bits per heavy atom. The highest BCUT2D eigenvalue weighted by Crippen LogP contribution is 2.13. The van der Waals surface area contributed by atoms with Crippen molar-refractivity contribution in [3.63, 3.8) is 0 Å². The normalized spacial score (nSPS) is 35.3. The lowest BCUT2D eigenvalue weighted by molar-refractivity contribution is 0.0458. The molecule has 1 saturated heterocycles. The van der Waals surface area contributed by atoms with E-state index >= 15 is 0 Å². The third kappa shape index (κ3) is 3.04. The first-order chi connectivity index (χ1) is 3.71. The van der Waals surface area contributed by atoms with E-state index in [2.05, 4.69) is 0 Å². The molecule has 1 fully saturated rings. The van der Waals surface area contributed by atoms with Crippen molar-refractivity contribution in [1.29, 1.82) is 0 Å². The van der Waals surface area contributed by atoms with Crippen LogP contribution in [0.25, 0.3) is 0 Å². The lowest BCUT2D eigenvalue weighted by Gasteiger charge is -2.28. The molecule has 0 saturated carbocycles. The summed E-state index contributed by atoms with van der Waals surface area (Å²) < 4.78 is 5.16. The minimum absolute atomic E-state index is 0. The molecular weight excluding hydrogens is 138 g/mol. The number of ether oxygens (including phenoxy) is 1. The first kappa shape index (κ1) is 9.21. The van der Waals surface area contributed by atoms with E-state index in [1.165, 1.54) is 0 Å². The Balaban J connectivity index is 0.000000640. The van der Waals surface area contributed by atoms with Crippen LogP contribution < -0.4 is 5.73 Å². The zero-order valence-electron chi connectivity index (χ0n) is 5.72. The topological polar surface area (TPSA) is 35.2 Å². The maximum absolute atomic E-state index is 5.75. The molecule has 9 heavy (non-hydrogen) atoms. The summed E-state index contributed by atoms with van der Waals surface area (Å²) in [6.45, 7) is 3.66. The molecular formula is C6H14ClNO. The summed E-state index contributed by atoms with van der Waals surface area (Å²) in [6, 6.07) is 0. The smallest absolute Gasteiger partial charge is 0.0643 e. The first-order valence-electron chi connectivity index (χ1n) is 3.07. The van der Waals surface area contributed by atoms with E-state index in [1.807, 2.05) is 6.92 Å². The number of halogens is 1. The van der Waals surface area contributed by atoms with E-state index in [0.717, 1.165) is 26.1 Å². The van der Waals surface area contributed by atoms with Crippen LogP contribution in [0.1, 0.15) is 19.8 Å². The van der Waals surface area contributed by atoms with Gasteiger partial charge in [-0.2, -0.15) is 0 Å². The zero-order chi connectivity index (χ0) is 6.04. The van der Waals surface area contributed by atoms with Crippen LogP contribution in [-0.4, -0.2) is 18.8 Å². The molecule has 0 aliphatic carbocycles. The molecule has 0 aromatic heterocycles. The summed E-state index contributed by atoms with van der Waals surface area (Å²) in [5.74, 6) is 0. The molecule has 1 heterocycles. The molecule has 0 aromatic rings. The van der Waals surface area contributed by atoms with Crippen molar-refractivity contribution in [3.05, 3.63) is 0 Å². The summed E-state index contributed by atoms with van der Waals surface area (Å²) in [5, 5.41) is 0. The quantitative estimate of drug-likeness (QED) is 0.559.